The van der Waals surface area contributed by atoms with E-state index in [1.807, 2.05) is 0 Å². The first kappa shape index (κ1) is 22.9. The zero-order valence-corrected chi connectivity index (χ0v) is 7.69. The summed E-state index contributed by atoms with van der Waals surface area (Å²) in [6.45, 7) is 8.25. The molecule has 0 bridgehead atoms. The van der Waals surface area contributed by atoms with Gasteiger partial charge in [0.2, 0.25) is 0 Å². The van der Waals surface area contributed by atoms with Crippen LogP contribution in [0.4, 0.5) is 0 Å². The third-order valence-corrected chi connectivity index (χ3v) is 0. The molecule has 0 heterocycles. The van der Waals surface area contributed by atoms with Gasteiger partial charge in [-0.2, -0.15) is 5.92 Å². The van der Waals surface area contributed by atoms with Gasteiger partial charge in [-0.1, -0.05) is 20.3 Å². The summed E-state index contributed by atoms with van der Waals surface area (Å²) in [5, 5.41) is 6.76. The maximum absolute atomic E-state index is 8.24. The van der Waals surface area contributed by atoms with Gasteiger partial charge in [0.05, 0.1) is 0 Å². The van der Waals surface area contributed by atoms with Gasteiger partial charge in [-0.3, -0.25) is 0 Å². The Morgan fingerprint density at radius 3 is 1.56 bits per heavy atom. The molecule has 0 rings (SSSR count). The Kier molecular flexibility index (Phi) is 61.5. The average Bonchev–Trinajstić information content (AvgIpc) is 1.33. The SMILES string of the molecule is O=[C-]O.[Au+3].[CH2-]C(C)C.[NH2-]. The fourth-order valence-corrected chi connectivity index (χ4v) is 0. The first-order valence-corrected chi connectivity index (χ1v) is 1.99. The summed E-state index contributed by atoms with van der Waals surface area (Å²) in [5.41, 5.74) is 0. The van der Waals surface area contributed by atoms with E-state index in [9.17, 15) is 0 Å². The third kappa shape index (κ3) is 10700. The van der Waals surface area contributed by atoms with Crippen LogP contribution in [-0.4, -0.2) is 11.6 Å². The van der Waals surface area contributed by atoms with Crippen molar-refractivity contribution in [1.29, 1.82) is 0 Å². The minimum Gasteiger partial charge on any atom is -0.693 e. The number of hydrogen-bond donors (Lipinski definition) is 1. The number of hydrogen-bond acceptors (Lipinski definition) is 1. The second-order valence-corrected chi connectivity index (χ2v) is 1.49. The van der Waals surface area contributed by atoms with E-state index in [4.69, 9.17) is 9.90 Å². The van der Waals surface area contributed by atoms with Crippen molar-refractivity contribution in [3.63, 3.8) is 0 Å². The maximum Gasteiger partial charge on any atom is 3.00 e. The van der Waals surface area contributed by atoms with E-state index < -0.39 is 0 Å². The standard InChI is InChI=1S/C4H9.CHO2.Au.H2N/c1-4(2)3;2-1-3;;/h4H,1H2,2-3H3;(H,2,3);;1H2/q2*-1;+3;-1. The van der Waals surface area contributed by atoms with Crippen molar-refractivity contribution in [1.82, 2.24) is 0 Å². The monoisotopic (exact) mass is 315 g/mol. The molecule has 9 heavy (non-hydrogen) atoms. The molecule has 0 radical (unpaired) electrons. The predicted octanol–water partition coefficient (Wildman–Crippen LogP) is 1.80. The van der Waals surface area contributed by atoms with E-state index in [0.717, 1.165) is 0 Å². The van der Waals surface area contributed by atoms with Crippen molar-refractivity contribution in [2.24, 2.45) is 5.92 Å². The van der Waals surface area contributed by atoms with E-state index >= 15 is 0 Å². The van der Waals surface area contributed by atoms with Gasteiger partial charge in [0, 0.05) is 0 Å². The molecular formula is C5H12AuNO2. The van der Waals surface area contributed by atoms with Crippen molar-refractivity contribution < 1.29 is 32.3 Å². The largest absolute Gasteiger partial charge is 3.00 e. The summed E-state index contributed by atoms with van der Waals surface area (Å²) < 4.78 is 0. The summed E-state index contributed by atoms with van der Waals surface area (Å²) in [6, 6.07) is 0. The van der Waals surface area contributed by atoms with Crippen LogP contribution in [0.3, 0.4) is 0 Å². The Labute approximate surface area is 71.9 Å². The van der Waals surface area contributed by atoms with Gasteiger partial charge in [0.1, 0.15) is 0 Å². The van der Waals surface area contributed by atoms with Crippen molar-refractivity contribution in [2.45, 2.75) is 13.8 Å². The third-order valence-electron chi connectivity index (χ3n) is 0. The molecule has 0 unspecified atom stereocenters. The minimum atomic E-state index is 0. The van der Waals surface area contributed by atoms with Gasteiger partial charge in [-0.15, -0.1) is 0 Å². The van der Waals surface area contributed by atoms with Gasteiger partial charge in [0.25, 0.3) is 0 Å². The molecule has 0 aromatic rings. The van der Waals surface area contributed by atoms with E-state index in [2.05, 4.69) is 20.8 Å². The van der Waals surface area contributed by atoms with E-state index in [1.54, 1.807) is 0 Å². The zero-order valence-electron chi connectivity index (χ0n) is 5.52. The van der Waals surface area contributed by atoms with Crippen molar-refractivity contribution in [3.8, 4) is 0 Å². The van der Waals surface area contributed by atoms with Crippen LogP contribution in [0.25, 0.3) is 6.15 Å². The zero-order chi connectivity index (χ0) is 6.28. The van der Waals surface area contributed by atoms with Crippen molar-refractivity contribution in [2.75, 3.05) is 0 Å². The first-order chi connectivity index (χ1) is 3.15. The second-order valence-electron chi connectivity index (χ2n) is 1.49. The van der Waals surface area contributed by atoms with E-state index in [-0.39, 0.29) is 28.5 Å². The Morgan fingerprint density at radius 1 is 1.56 bits per heavy atom. The topological polar surface area (TPSA) is 70.8 Å². The van der Waals surface area contributed by atoms with Gasteiger partial charge in [0.15, 0.2) is 0 Å². The Balaban J connectivity index is -0.0000000233. The molecule has 0 aliphatic heterocycles. The summed E-state index contributed by atoms with van der Waals surface area (Å²) >= 11 is 0. The molecule has 4 heteroatoms. The predicted molar refractivity (Wildman–Crippen MR) is 33.8 cm³/mol. The number of nitrogens with two attached hydrogens (primary N) is 1. The van der Waals surface area contributed by atoms with Crippen LogP contribution in [0.15, 0.2) is 0 Å². The minimum absolute atomic E-state index is 0. The van der Waals surface area contributed by atoms with Crippen molar-refractivity contribution >= 4 is 6.47 Å². The average molecular weight is 315 g/mol. The van der Waals surface area contributed by atoms with Crippen LogP contribution in [0, 0.1) is 12.8 Å². The molecule has 0 fully saturated rings. The van der Waals surface area contributed by atoms with Crippen LogP contribution in [-0.2, 0) is 27.2 Å². The molecule has 0 amide bonds. The molecule has 60 valence electrons. The van der Waals surface area contributed by atoms with Gasteiger partial charge >= 0.3 is 22.4 Å². The molecule has 3 nitrogen and oxygen atoms in total. The molecule has 0 aromatic heterocycles. The summed E-state index contributed by atoms with van der Waals surface area (Å²) in [7, 11) is 0. The summed E-state index contributed by atoms with van der Waals surface area (Å²) in [5.74, 6) is 0.583. The van der Waals surface area contributed by atoms with Crippen molar-refractivity contribution in [3.05, 3.63) is 13.1 Å². The van der Waals surface area contributed by atoms with Gasteiger partial charge in [-0.05, 0) is 0 Å². The van der Waals surface area contributed by atoms with Crippen LogP contribution >= 0.6 is 0 Å². The fourth-order valence-electron chi connectivity index (χ4n) is 0. The van der Waals surface area contributed by atoms with Crippen LogP contribution in [0.2, 0.25) is 0 Å². The maximum atomic E-state index is 8.24. The molecule has 0 saturated carbocycles. The smallest absolute Gasteiger partial charge is 0.693 e. The molecule has 0 spiro atoms. The van der Waals surface area contributed by atoms with Gasteiger partial charge < -0.3 is 23.0 Å². The second kappa shape index (κ2) is 24.2. The molecule has 0 aromatic carbocycles. The molecule has 0 aliphatic rings. The Hall–Kier alpha value is 0.170. The van der Waals surface area contributed by atoms with Gasteiger partial charge in [-0.25, -0.2) is 0 Å². The fraction of sp³-hybridized carbons (Fsp3) is 0.600. The Morgan fingerprint density at radius 2 is 1.56 bits per heavy atom. The molecule has 0 saturated heterocycles. The van der Waals surface area contributed by atoms with E-state index in [0.29, 0.717) is 12.4 Å². The normalized spacial score (nSPS) is 5.33. The molecular weight excluding hydrogens is 303 g/mol. The number of rotatable bonds is 0. The van der Waals surface area contributed by atoms with Crippen LogP contribution in [0.5, 0.6) is 0 Å². The molecule has 0 aliphatic carbocycles. The summed E-state index contributed by atoms with van der Waals surface area (Å²) in [6.07, 6.45) is 0. The number of aliphatic hydroxyl groups excluding tert-OH is 1. The van der Waals surface area contributed by atoms with Crippen LogP contribution < -0.4 is 0 Å². The molecule has 0 atom stereocenters. The van der Waals surface area contributed by atoms with Crippen LogP contribution in [0.1, 0.15) is 13.8 Å². The molecule has 3 N–H and O–H groups in total. The quantitative estimate of drug-likeness (QED) is 0.547. The Bertz CT molecular complexity index is 39.2. The summed E-state index contributed by atoms with van der Waals surface area (Å²) in [4.78, 5) is 8.24. The van der Waals surface area contributed by atoms with E-state index in [1.165, 1.54) is 0 Å². The first-order valence-electron chi connectivity index (χ1n) is 1.99.